The van der Waals surface area contributed by atoms with E-state index in [1.807, 2.05) is 31.2 Å². The Labute approximate surface area is 87.5 Å². The van der Waals surface area contributed by atoms with Gasteiger partial charge in [0.1, 0.15) is 5.75 Å². The van der Waals surface area contributed by atoms with E-state index in [-0.39, 0.29) is 0 Å². The van der Waals surface area contributed by atoms with Gasteiger partial charge in [-0.1, -0.05) is 19.1 Å². The normalized spacial score (nSPS) is 10.2. The van der Waals surface area contributed by atoms with Crippen LogP contribution in [0.15, 0.2) is 35.3 Å². The third-order valence-electron chi connectivity index (χ3n) is 1.91. The van der Waals surface area contributed by atoms with Gasteiger partial charge >= 0.3 is 0 Å². The van der Waals surface area contributed by atoms with Crippen LogP contribution in [-0.2, 0) is 0 Å². The van der Waals surface area contributed by atoms with Gasteiger partial charge in [-0.05, 0) is 33.6 Å². The number of hydrogen-bond donors (Lipinski definition) is 0. The zero-order chi connectivity index (χ0) is 9.84. The topological polar surface area (TPSA) is 9.23 Å². The smallest absolute Gasteiger partial charge is 0.133 e. The highest BCUT2D eigenvalue weighted by atomic mass is 79.9. The van der Waals surface area contributed by atoms with Crippen LogP contribution in [0.1, 0.15) is 12.5 Å². The molecule has 0 spiro atoms. The molecule has 0 aliphatic heterocycles. The Morgan fingerprint density at radius 2 is 2.23 bits per heavy atom. The molecule has 0 unspecified atom stereocenters. The predicted molar refractivity (Wildman–Crippen MR) is 58.9 cm³/mol. The van der Waals surface area contributed by atoms with Crippen LogP contribution in [0.4, 0.5) is 0 Å². The molecule has 1 radical (unpaired) electrons. The Hall–Kier alpha value is -0.760. The van der Waals surface area contributed by atoms with Gasteiger partial charge in [-0.3, -0.25) is 0 Å². The van der Waals surface area contributed by atoms with E-state index in [4.69, 9.17) is 4.74 Å². The molecule has 0 aliphatic carbocycles. The van der Waals surface area contributed by atoms with Crippen LogP contribution in [0, 0.1) is 5.92 Å². The van der Waals surface area contributed by atoms with Crippen LogP contribution >= 0.6 is 15.9 Å². The predicted octanol–water partition coefficient (Wildman–Crippen LogP) is 3.59. The lowest BCUT2D eigenvalue weighted by atomic mass is 10.0. The highest BCUT2D eigenvalue weighted by Crippen LogP contribution is 2.28. The van der Waals surface area contributed by atoms with E-state index in [1.54, 1.807) is 7.11 Å². The van der Waals surface area contributed by atoms with Crippen molar-refractivity contribution in [2.24, 2.45) is 0 Å². The van der Waals surface area contributed by atoms with Gasteiger partial charge in [0, 0.05) is 5.92 Å². The zero-order valence-electron chi connectivity index (χ0n) is 7.80. The Morgan fingerprint density at radius 3 is 2.69 bits per heavy atom. The second-order valence-electron chi connectivity index (χ2n) is 2.74. The molecule has 1 aromatic rings. The van der Waals surface area contributed by atoms with Crippen LogP contribution in [0.2, 0.25) is 0 Å². The summed E-state index contributed by atoms with van der Waals surface area (Å²) < 4.78 is 6.10. The monoisotopic (exact) mass is 239 g/mol. The lowest BCUT2D eigenvalue weighted by Crippen LogP contribution is -1.91. The Balaban J connectivity index is 3.02. The molecule has 1 aromatic carbocycles. The Kier molecular flexibility index (Phi) is 3.55. The highest BCUT2D eigenvalue weighted by molar-refractivity contribution is 9.10. The second kappa shape index (κ2) is 4.47. The molecular weight excluding hydrogens is 228 g/mol. The minimum Gasteiger partial charge on any atom is -0.496 e. The van der Waals surface area contributed by atoms with E-state index in [0.29, 0.717) is 0 Å². The van der Waals surface area contributed by atoms with Gasteiger partial charge in [-0.2, -0.15) is 0 Å². The van der Waals surface area contributed by atoms with Gasteiger partial charge in [-0.25, -0.2) is 0 Å². The summed E-state index contributed by atoms with van der Waals surface area (Å²) in [7, 11) is 1.66. The molecule has 0 fully saturated rings. The molecule has 0 N–H and O–H groups in total. The SMILES string of the molecule is C=C[C](C)c1ccc(OC)c(Br)c1. The molecule has 0 atom stereocenters. The number of allylic oxidation sites excluding steroid dienone is 1. The minimum absolute atomic E-state index is 0.848. The summed E-state index contributed by atoms with van der Waals surface area (Å²) in [5.41, 5.74) is 1.16. The minimum atomic E-state index is 0.848. The van der Waals surface area contributed by atoms with Gasteiger partial charge < -0.3 is 4.74 Å². The van der Waals surface area contributed by atoms with Crippen LogP contribution in [0.3, 0.4) is 0 Å². The zero-order valence-corrected chi connectivity index (χ0v) is 9.39. The molecule has 2 heteroatoms. The van der Waals surface area contributed by atoms with E-state index in [0.717, 1.165) is 21.7 Å². The maximum absolute atomic E-state index is 5.13. The van der Waals surface area contributed by atoms with Crippen LogP contribution < -0.4 is 4.74 Å². The van der Waals surface area contributed by atoms with E-state index >= 15 is 0 Å². The first-order valence-corrected chi connectivity index (χ1v) is 4.78. The number of methoxy groups -OCH3 is 1. The maximum atomic E-state index is 5.13. The molecule has 0 saturated carbocycles. The largest absolute Gasteiger partial charge is 0.496 e. The van der Waals surface area contributed by atoms with Gasteiger partial charge in [0.25, 0.3) is 0 Å². The Bertz CT molecular complexity index is 307. The fourth-order valence-electron chi connectivity index (χ4n) is 1.03. The first kappa shape index (κ1) is 10.3. The summed E-state index contributed by atoms with van der Waals surface area (Å²) in [5, 5.41) is 0. The maximum Gasteiger partial charge on any atom is 0.133 e. The summed E-state index contributed by atoms with van der Waals surface area (Å²) in [6.07, 6.45) is 1.84. The molecular formula is C11H12BrO. The van der Waals surface area contributed by atoms with Crippen molar-refractivity contribution in [2.75, 3.05) is 7.11 Å². The fraction of sp³-hybridized carbons (Fsp3) is 0.182. The van der Waals surface area contributed by atoms with Crippen LogP contribution in [0.5, 0.6) is 5.75 Å². The van der Waals surface area contributed by atoms with Crippen molar-refractivity contribution in [3.63, 3.8) is 0 Å². The van der Waals surface area contributed by atoms with E-state index in [2.05, 4.69) is 22.5 Å². The number of benzene rings is 1. The number of halogens is 1. The summed E-state index contributed by atoms with van der Waals surface area (Å²) >= 11 is 3.43. The fourth-order valence-corrected chi connectivity index (χ4v) is 1.57. The molecule has 69 valence electrons. The highest BCUT2D eigenvalue weighted by Gasteiger charge is 2.05. The summed E-state index contributed by atoms with van der Waals surface area (Å²) in [5.74, 6) is 2.00. The first-order chi connectivity index (χ1) is 6.19. The van der Waals surface area contributed by atoms with Crippen LogP contribution in [0.25, 0.3) is 0 Å². The average Bonchev–Trinajstić information content (AvgIpc) is 2.16. The van der Waals surface area contributed by atoms with E-state index in [9.17, 15) is 0 Å². The van der Waals surface area contributed by atoms with Gasteiger partial charge in [0.15, 0.2) is 0 Å². The van der Waals surface area contributed by atoms with Gasteiger partial charge in [0.05, 0.1) is 11.6 Å². The lowest BCUT2D eigenvalue weighted by molar-refractivity contribution is 0.412. The van der Waals surface area contributed by atoms with Crippen molar-refractivity contribution >= 4 is 15.9 Å². The summed E-state index contributed by atoms with van der Waals surface area (Å²) in [4.78, 5) is 0. The van der Waals surface area contributed by atoms with Crippen molar-refractivity contribution in [3.8, 4) is 5.75 Å². The van der Waals surface area contributed by atoms with E-state index < -0.39 is 0 Å². The average molecular weight is 240 g/mol. The van der Waals surface area contributed by atoms with Gasteiger partial charge in [-0.15, -0.1) is 6.58 Å². The quantitative estimate of drug-likeness (QED) is 0.784. The van der Waals surface area contributed by atoms with Crippen molar-refractivity contribution < 1.29 is 4.74 Å². The molecule has 0 aromatic heterocycles. The number of rotatable bonds is 3. The molecule has 0 amide bonds. The van der Waals surface area contributed by atoms with Crippen molar-refractivity contribution in [2.45, 2.75) is 6.92 Å². The number of ether oxygens (including phenoxy) is 1. The molecule has 1 rings (SSSR count). The third kappa shape index (κ3) is 2.34. The molecule has 0 saturated heterocycles. The third-order valence-corrected chi connectivity index (χ3v) is 2.53. The molecule has 0 heterocycles. The van der Waals surface area contributed by atoms with Crippen LogP contribution in [-0.4, -0.2) is 7.11 Å². The Morgan fingerprint density at radius 1 is 1.54 bits per heavy atom. The van der Waals surface area contributed by atoms with Crippen molar-refractivity contribution in [1.29, 1.82) is 0 Å². The van der Waals surface area contributed by atoms with Crippen molar-refractivity contribution in [3.05, 3.63) is 46.8 Å². The van der Waals surface area contributed by atoms with Gasteiger partial charge in [0.2, 0.25) is 0 Å². The molecule has 1 nitrogen and oxygen atoms in total. The second-order valence-corrected chi connectivity index (χ2v) is 3.59. The first-order valence-electron chi connectivity index (χ1n) is 3.99. The van der Waals surface area contributed by atoms with E-state index in [1.165, 1.54) is 0 Å². The molecule has 13 heavy (non-hydrogen) atoms. The lowest BCUT2D eigenvalue weighted by Gasteiger charge is -2.08. The van der Waals surface area contributed by atoms with Crippen molar-refractivity contribution in [1.82, 2.24) is 0 Å². The summed E-state index contributed by atoms with van der Waals surface area (Å²) in [6.45, 7) is 5.75. The molecule has 0 bridgehead atoms. The number of hydrogen-bond acceptors (Lipinski definition) is 1. The molecule has 0 aliphatic rings. The standard InChI is InChI=1S/C11H12BrO/c1-4-8(2)9-5-6-11(13-3)10(12)7-9/h4-7H,1H2,2-3H3. The summed E-state index contributed by atoms with van der Waals surface area (Å²) in [6, 6.07) is 5.98.